The molecule has 1 aromatic carbocycles. The molecule has 0 unspecified atom stereocenters. The van der Waals surface area contributed by atoms with E-state index in [1.54, 1.807) is 24.3 Å². The summed E-state index contributed by atoms with van der Waals surface area (Å²) in [4.78, 5) is 11.8. The quantitative estimate of drug-likeness (QED) is 0.756. The smallest absolute Gasteiger partial charge is 0.213 e. The number of aromatic amines is 1. The molecule has 0 atom stereocenters. The number of nitrogens with one attached hydrogen (secondary N) is 1. The fourth-order valence-corrected chi connectivity index (χ4v) is 1.28. The van der Waals surface area contributed by atoms with Crippen LogP contribution in [-0.4, -0.2) is 21.2 Å². The number of rotatable bonds is 2. The van der Waals surface area contributed by atoms with E-state index in [1.807, 2.05) is 6.07 Å². The number of hydrogen-bond donors (Lipinski definition) is 1. The third-order valence-corrected chi connectivity index (χ3v) is 2.07. The van der Waals surface area contributed by atoms with Crippen molar-refractivity contribution in [1.82, 2.24) is 15.4 Å². The van der Waals surface area contributed by atoms with Crippen LogP contribution >= 0.6 is 12.6 Å². The number of benzene rings is 1. The van der Waals surface area contributed by atoms with Gasteiger partial charge in [-0.2, -0.15) is 0 Å². The molecule has 1 heterocycles. The Labute approximate surface area is 85.8 Å². The number of carbonyl (C=O) groups excluding carboxylic acids is 1. The van der Waals surface area contributed by atoms with Gasteiger partial charge in [-0.15, -0.1) is 5.10 Å². The normalized spacial score (nSPS) is 10.0. The van der Waals surface area contributed by atoms with Crippen molar-refractivity contribution in [3.05, 3.63) is 41.6 Å². The molecule has 0 amide bonds. The molecule has 5 heteroatoms. The molecule has 1 aromatic heterocycles. The Morgan fingerprint density at radius 2 is 2.00 bits per heavy atom. The van der Waals surface area contributed by atoms with Crippen LogP contribution in [0.4, 0.5) is 0 Å². The van der Waals surface area contributed by atoms with Crippen molar-refractivity contribution in [3.63, 3.8) is 0 Å². The van der Waals surface area contributed by atoms with Gasteiger partial charge in [0.15, 0.2) is 5.03 Å². The van der Waals surface area contributed by atoms with Crippen LogP contribution in [0.2, 0.25) is 0 Å². The summed E-state index contributed by atoms with van der Waals surface area (Å²) < 4.78 is 0. The molecule has 2 rings (SSSR count). The number of H-pyrrole nitrogens is 1. The Morgan fingerprint density at radius 1 is 1.29 bits per heavy atom. The van der Waals surface area contributed by atoms with E-state index in [9.17, 15) is 4.79 Å². The van der Waals surface area contributed by atoms with Gasteiger partial charge < -0.3 is 0 Å². The molecule has 69 valence electrons. The SMILES string of the molecule is O=C(c1ccccc1)c1[nH]nnc1[S]. The van der Waals surface area contributed by atoms with Crippen molar-refractivity contribution in [3.8, 4) is 0 Å². The van der Waals surface area contributed by atoms with Gasteiger partial charge in [-0.1, -0.05) is 48.2 Å². The van der Waals surface area contributed by atoms with Gasteiger partial charge in [-0.05, 0) is 0 Å². The maximum atomic E-state index is 11.8. The van der Waals surface area contributed by atoms with Crippen LogP contribution in [0.3, 0.4) is 0 Å². The van der Waals surface area contributed by atoms with Gasteiger partial charge in [-0.25, -0.2) is 0 Å². The Bertz CT molecular complexity index is 452. The number of aromatic nitrogens is 3. The van der Waals surface area contributed by atoms with Gasteiger partial charge in [0.25, 0.3) is 0 Å². The molecule has 0 bridgehead atoms. The summed E-state index contributed by atoms with van der Waals surface area (Å²) >= 11 is 4.84. The minimum atomic E-state index is -0.180. The van der Waals surface area contributed by atoms with Crippen molar-refractivity contribution in [2.45, 2.75) is 5.03 Å². The summed E-state index contributed by atoms with van der Waals surface area (Å²) in [6.07, 6.45) is 0. The molecular formula is C9H6N3OS. The molecule has 1 N–H and O–H groups in total. The Morgan fingerprint density at radius 3 is 2.57 bits per heavy atom. The molecule has 1 radical (unpaired) electrons. The Hall–Kier alpha value is -1.75. The van der Waals surface area contributed by atoms with Crippen LogP contribution in [0.1, 0.15) is 16.1 Å². The average Bonchev–Trinajstić information content (AvgIpc) is 2.65. The van der Waals surface area contributed by atoms with E-state index < -0.39 is 0 Å². The summed E-state index contributed by atoms with van der Waals surface area (Å²) in [5, 5.41) is 9.72. The minimum Gasteiger partial charge on any atom is -0.287 e. The van der Waals surface area contributed by atoms with Crippen molar-refractivity contribution in [1.29, 1.82) is 0 Å². The lowest BCUT2D eigenvalue weighted by molar-refractivity contribution is 0.103. The molecule has 0 saturated carbocycles. The molecule has 14 heavy (non-hydrogen) atoms. The van der Waals surface area contributed by atoms with E-state index in [1.165, 1.54) is 0 Å². The van der Waals surface area contributed by atoms with E-state index in [0.29, 0.717) is 5.56 Å². The fourth-order valence-electron chi connectivity index (χ4n) is 1.10. The first-order valence-corrected chi connectivity index (χ1v) is 4.37. The van der Waals surface area contributed by atoms with Crippen molar-refractivity contribution >= 4 is 18.4 Å². The highest BCUT2D eigenvalue weighted by molar-refractivity contribution is 7.80. The lowest BCUT2D eigenvalue weighted by Crippen LogP contribution is -2.02. The van der Waals surface area contributed by atoms with Crippen LogP contribution < -0.4 is 0 Å². The third kappa shape index (κ3) is 1.49. The van der Waals surface area contributed by atoms with Gasteiger partial charge >= 0.3 is 0 Å². The summed E-state index contributed by atoms with van der Waals surface area (Å²) in [5.41, 5.74) is 0.843. The zero-order valence-electron chi connectivity index (χ0n) is 7.10. The van der Waals surface area contributed by atoms with E-state index >= 15 is 0 Å². The zero-order chi connectivity index (χ0) is 9.97. The summed E-state index contributed by atoms with van der Waals surface area (Å²) in [6, 6.07) is 8.87. The molecule has 4 nitrogen and oxygen atoms in total. The van der Waals surface area contributed by atoms with Crippen LogP contribution in [0.25, 0.3) is 0 Å². The van der Waals surface area contributed by atoms with E-state index in [2.05, 4.69) is 15.4 Å². The Balaban J connectivity index is 2.39. The monoisotopic (exact) mass is 204 g/mol. The lowest BCUT2D eigenvalue weighted by atomic mass is 10.1. The number of hydrogen-bond acceptors (Lipinski definition) is 3. The summed E-state index contributed by atoms with van der Waals surface area (Å²) in [5.74, 6) is -0.180. The van der Waals surface area contributed by atoms with Crippen molar-refractivity contribution < 1.29 is 4.79 Å². The first-order valence-electron chi connectivity index (χ1n) is 3.97. The van der Waals surface area contributed by atoms with Gasteiger partial charge in [0.1, 0.15) is 5.69 Å². The highest BCUT2D eigenvalue weighted by Gasteiger charge is 2.15. The van der Waals surface area contributed by atoms with Crippen LogP contribution in [0.5, 0.6) is 0 Å². The molecule has 0 fully saturated rings. The largest absolute Gasteiger partial charge is 0.287 e. The maximum Gasteiger partial charge on any atom is 0.213 e. The van der Waals surface area contributed by atoms with Crippen LogP contribution in [-0.2, 0) is 0 Å². The van der Waals surface area contributed by atoms with Crippen molar-refractivity contribution in [2.24, 2.45) is 0 Å². The van der Waals surface area contributed by atoms with Crippen LogP contribution in [0, 0.1) is 0 Å². The highest BCUT2D eigenvalue weighted by atomic mass is 32.1. The number of ketones is 1. The second-order valence-electron chi connectivity index (χ2n) is 2.69. The zero-order valence-corrected chi connectivity index (χ0v) is 7.91. The summed E-state index contributed by atoms with van der Waals surface area (Å²) in [7, 11) is 0. The molecule has 0 aliphatic heterocycles. The minimum absolute atomic E-state index is 0.180. The van der Waals surface area contributed by atoms with Crippen molar-refractivity contribution in [2.75, 3.05) is 0 Å². The highest BCUT2D eigenvalue weighted by Crippen LogP contribution is 2.12. The Kier molecular flexibility index (Phi) is 2.24. The first-order chi connectivity index (χ1) is 6.79. The van der Waals surface area contributed by atoms with Gasteiger partial charge in [0, 0.05) is 5.56 Å². The van der Waals surface area contributed by atoms with Crippen LogP contribution in [0.15, 0.2) is 35.4 Å². The lowest BCUT2D eigenvalue weighted by Gasteiger charge is -1.96. The topological polar surface area (TPSA) is 58.6 Å². The first kappa shape index (κ1) is 8.83. The third-order valence-electron chi connectivity index (χ3n) is 1.78. The average molecular weight is 204 g/mol. The molecule has 0 aliphatic carbocycles. The van der Waals surface area contributed by atoms with Gasteiger partial charge in [0.05, 0.1) is 0 Å². The molecule has 0 saturated heterocycles. The molecule has 2 aromatic rings. The van der Waals surface area contributed by atoms with E-state index in [-0.39, 0.29) is 16.5 Å². The second kappa shape index (κ2) is 3.55. The predicted octanol–water partition coefficient (Wildman–Crippen LogP) is 1.59. The van der Waals surface area contributed by atoms with Gasteiger partial charge in [-0.3, -0.25) is 9.89 Å². The van der Waals surface area contributed by atoms with E-state index in [4.69, 9.17) is 12.6 Å². The summed E-state index contributed by atoms with van der Waals surface area (Å²) in [6.45, 7) is 0. The molecule has 0 aliphatic rings. The van der Waals surface area contributed by atoms with Gasteiger partial charge in [0.2, 0.25) is 5.78 Å². The fraction of sp³-hybridized carbons (Fsp3) is 0. The standard InChI is InChI=1S/C9H6N3OS/c13-8(6-4-2-1-3-5-6)7-9(14)11-12-10-7/h1-5H,(H,10,11,12). The molecular weight excluding hydrogens is 198 g/mol. The number of carbonyl (C=O) groups is 1. The second-order valence-corrected chi connectivity index (χ2v) is 3.07. The predicted molar refractivity (Wildman–Crippen MR) is 52.1 cm³/mol. The maximum absolute atomic E-state index is 11.8. The molecule has 0 spiro atoms. The number of nitrogens with zero attached hydrogens (tertiary/aromatic N) is 2. The van der Waals surface area contributed by atoms with E-state index in [0.717, 1.165) is 0 Å².